The number of nitrogens with one attached hydrogen (secondary N) is 1. The van der Waals surface area contributed by atoms with Crippen LogP contribution in [-0.4, -0.2) is 44.3 Å². The molecule has 2 amide bonds. The highest BCUT2D eigenvalue weighted by Crippen LogP contribution is 2.35. The van der Waals surface area contributed by atoms with Gasteiger partial charge < -0.3 is 10.2 Å². The van der Waals surface area contributed by atoms with Crippen LogP contribution < -0.4 is 9.62 Å². The number of hydrogen-bond acceptors (Lipinski definition) is 4. The van der Waals surface area contributed by atoms with Gasteiger partial charge in [0.25, 0.3) is 10.0 Å². The van der Waals surface area contributed by atoms with E-state index >= 15 is 0 Å². The molecule has 0 bridgehead atoms. The first-order valence-corrected chi connectivity index (χ1v) is 13.6. The van der Waals surface area contributed by atoms with Gasteiger partial charge in [0.15, 0.2) is 0 Å². The van der Waals surface area contributed by atoms with Gasteiger partial charge in [0.1, 0.15) is 18.4 Å². The predicted molar refractivity (Wildman–Crippen MR) is 143 cm³/mol. The molecule has 0 aromatic heterocycles. The molecule has 3 aromatic rings. The van der Waals surface area contributed by atoms with E-state index in [4.69, 9.17) is 23.2 Å². The second-order valence-corrected chi connectivity index (χ2v) is 10.8. The fourth-order valence-corrected chi connectivity index (χ4v) is 5.50. The van der Waals surface area contributed by atoms with Gasteiger partial charge in [-0.05, 0) is 55.8 Å². The fourth-order valence-electron chi connectivity index (χ4n) is 3.61. The normalized spacial score (nSPS) is 12.0. The minimum Gasteiger partial charge on any atom is -0.355 e. The van der Waals surface area contributed by atoms with Gasteiger partial charge >= 0.3 is 0 Å². The molecule has 0 aliphatic rings. The molecule has 0 fully saturated rings. The molecule has 196 valence electrons. The van der Waals surface area contributed by atoms with Gasteiger partial charge in [-0.1, -0.05) is 59.6 Å². The molecular formula is C26H26Cl2FN3O4S. The van der Waals surface area contributed by atoms with Crippen molar-refractivity contribution in [1.82, 2.24) is 10.2 Å². The Labute approximate surface area is 225 Å². The molecule has 0 spiro atoms. The van der Waals surface area contributed by atoms with Gasteiger partial charge in [-0.15, -0.1) is 0 Å². The van der Waals surface area contributed by atoms with Crippen molar-refractivity contribution in [2.24, 2.45) is 0 Å². The summed E-state index contributed by atoms with van der Waals surface area (Å²) < 4.78 is 41.7. The molecule has 0 aliphatic heterocycles. The van der Waals surface area contributed by atoms with Crippen LogP contribution in [-0.2, 0) is 26.2 Å². The Balaban J connectivity index is 2.06. The number of carbonyl (C=O) groups excluding carboxylic acids is 2. The Hall–Kier alpha value is -3.14. The zero-order valence-corrected chi connectivity index (χ0v) is 22.5. The van der Waals surface area contributed by atoms with Crippen molar-refractivity contribution >= 4 is 50.7 Å². The van der Waals surface area contributed by atoms with Crippen molar-refractivity contribution in [1.29, 1.82) is 0 Å². The molecule has 37 heavy (non-hydrogen) atoms. The number of hydrogen-bond donors (Lipinski definition) is 1. The Bertz CT molecular complexity index is 1360. The van der Waals surface area contributed by atoms with Gasteiger partial charge in [-0.25, -0.2) is 12.8 Å². The first kappa shape index (κ1) is 28.4. The average Bonchev–Trinajstić information content (AvgIpc) is 2.88. The van der Waals surface area contributed by atoms with Crippen molar-refractivity contribution in [3.8, 4) is 0 Å². The topological polar surface area (TPSA) is 86.8 Å². The van der Waals surface area contributed by atoms with E-state index in [1.54, 1.807) is 25.1 Å². The molecule has 1 atom stereocenters. The fraction of sp³-hybridized carbons (Fsp3) is 0.231. The van der Waals surface area contributed by atoms with Gasteiger partial charge in [0.2, 0.25) is 11.8 Å². The maximum atomic E-state index is 13.7. The summed E-state index contributed by atoms with van der Waals surface area (Å²) in [5.74, 6) is -1.54. The van der Waals surface area contributed by atoms with Crippen molar-refractivity contribution < 1.29 is 22.4 Å². The number of amides is 2. The third-order valence-electron chi connectivity index (χ3n) is 5.59. The SMILES string of the molecule is CCNC(=O)C(C)N(Cc1ccc(F)cc1)C(=O)CN(c1cccc(Cl)c1Cl)S(=O)(=O)c1ccccc1. The van der Waals surface area contributed by atoms with Crippen molar-refractivity contribution in [2.75, 3.05) is 17.4 Å². The van der Waals surface area contributed by atoms with Crippen LogP contribution in [0.3, 0.4) is 0 Å². The van der Waals surface area contributed by atoms with Crippen LogP contribution in [0.1, 0.15) is 19.4 Å². The highest BCUT2D eigenvalue weighted by molar-refractivity contribution is 7.92. The zero-order valence-electron chi connectivity index (χ0n) is 20.2. The van der Waals surface area contributed by atoms with E-state index in [9.17, 15) is 22.4 Å². The van der Waals surface area contributed by atoms with Gasteiger partial charge in [0, 0.05) is 13.1 Å². The molecule has 0 saturated heterocycles. The molecule has 3 rings (SSSR count). The van der Waals surface area contributed by atoms with E-state index in [0.29, 0.717) is 12.1 Å². The Morgan fingerprint density at radius 2 is 1.62 bits per heavy atom. The highest BCUT2D eigenvalue weighted by Gasteiger charge is 2.33. The van der Waals surface area contributed by atoms with E-state index in [1.807, 2.05) is 0 Å². The number of anilines is 1. The monoisotopic (exact) mass is 565 g/mol. The second kappa shape index (κ2) is 12.4. The van der Waals surface area contributed by atoms with E-state index in [1.165, 1.54) is 66.4 Å². The number of benzene rings is 3. The number of halogens is 3. The minimum atomic E-state index is -4.26. The average molecular weight is 566 g/mol. The van der Waals surface area contributed by atoms with Crippen molar-refractivity contribution in [3.63, 3.8) is 0 Å². The Morgan fingerprint density at radius 1 is 0.973 bits per heavy atom. The summed E-state index contributed by atoms with van der Waals surface area (Å²) in [4.78, 5) is 27.6. The van der Waals surface area contributed by atoms with E-state index < -0.39 is 40.2 Å². The molecule has 1 N–H and O–H groups in total. The number of nitrogens with zero attached hydrogens (tertiary/aromatic N) is 2. The summed E-state index contributed by atoms with van der Waals surface area (Å²) in [6.07, 6.45) is 0. The smallest absolute Gasteiger partial charge is 0.264 e. The highest BCUT2D eigenvalue weighted by atomic mass is 35.5. The number of likely N-dealkylation sites (N-methyl/N-ethyl adjacent to an activating group) is 1. The summed E-state index contributed by atoms with van der Waals surface area (Å²) in [6, 6.07) is 16.6. The van der Waals surface area contributed by atoms with Gasteiger partial charge in [0.05, 0.1) is 20.6 Å². The maximum absolute atomic E-state index is 13.7. The van der Waals surface area contributed by atoms with Crippen LogP contribution in [0.5, 0.6) is 0 Å². The van der Waals surface area contributed by atoms with Crippen molar-refractivity contribution in [2.45, 2.75) is 31.3 Å². The van der Waals surface area contributed by atoms with E-state index in [-0.39, 0.29) is 27.2 Å². The molecular weight excluding hydrogens is 540 g/mol. The van der Waals surface area contributed by atoms with E-state index in [0.717, 1.165) is 4.31 Å². The Kier molecular flexibility index (Phi) is 9.53. The lowest BCUT2D eigenvalue weighted by molar-refractivity contribution is -0.139. The van der Waals surface area contributed by atoms with E-state index in [2.05, 4.69) is 5.32 Å². The molecule has 0 aliphatic carbocycles. The van der Waals surface area contributed by atoms with Crippen LogP contribution in [0, 0.1) is 5.82 Å². The standard InChI is InChI=1S/C26H26Cl2FN3O4S/c1-3-30-26(34)18(2)31(16-19-12-14-20(29)15-13-19)24(33)17-32(23-11-7-10-22(27)25(23)28)37(35,36)21-8-5-4-6-9-21/h4-15,18H,3,16-17H2,1-2H3,(H,30,34). The molecule has 1 unspecified atom stereocenters. The minimum absolute atomic E-state index is 0.0127. The lowest BCUT2D eigenvalue weighted by atomic mass is 10.1. The predicted octanol–water partition coefficient (Wildman–Crippen LogP) is 4.88. The summed E-state index contributed by atoms with van der Waals surface area (Å²) in [5.41, 5.74) is 0.572. The molecule has 0 radical (unpaired) electrons. The molecule has 0 saturated carbocycles. The van der Waals surface area contributed by atoms with Gasteiger partial charge in [-0.3, -0.25) is 13.9 Å². The summed E-state index contributed by atoms with van der Waals surface area (Å²) >= 11 is 12.5. The largest absolute Gasteiger partial charge is 0.355 e. The first-order valence-electron chi connectivity index (χ1n) is 11.4. The molecule has 0 heterocycles. The van der Waals surface area contributed by atoms with Gasteiger partial charge in [-0.2, -0.15) is 0 Å². The third-order valence-corrected chi connectivity index (χ3v) is 8.18. The quantitative estimate of drug-likeness (QED) is 0.379. The Morgan fingerprint density at radius 3 is 2.24 bits per heavy atom. The summed E-state index contributed by atoms with van der Waals surface area (Å²) in [6.45, 7) is 2.90. The zero-order chi connectivity index (χ0) is 27.2. The maximum Gasteiger partial charge on any atom is 0.264 e. The number of carbonyl (C=O) groups is 2. The summed E-state index contributed by atoms with van der Waals surface area (Å²) in [5, 5.41) is 2.74. The lowest BCUT2D eigenvalue weighted by Gasteiger charge is -2.32. The second-order valence-electron chi connectivity index (χ2n) is 8.12. The van der Waals surface area contributed by atoms with Crippen LogP contribution in [0.15, 0.2) is 77.7 Å². The number of rotatable bonds is 10. The lowest BCUT2D eigenvalue weighted by Crippen LogP contribution is -2.51. The summed E-state index contributed by atoms with van der Waals surface area (Å²) in [7, 11) is -4.26. The molecule has 7 nitrogen and oxygen atoms in total. The molecule has 3 aromatic carbocycles. The van der Waals surface area contributed by atoms with Crippen LogP contribution >= 0.6 is 23.2 Å². The van der Waals surface area contributed by atoms with Crippen molar-refractivity contribution in [3.05, 3.63) is 94.2 Å². The van der Waals surface area contributed by atoms with Crippen LogP contribution in [0.2, 0.25) is 10.0 Å². The third kappa shape index (κ3) is 6.80. The van der Waals surface area contributed by atoms with Crippen LogP contribution in [0.25, 0.3) is 0 Å². The van der Waals surface area contributed by atoms with Crippen LogP contribution in [0.4, 0.5) is 10.1 Å². The first-order chi connectivity index (χ1) is 17.6. The number of sulfonamides is 1. The molecule has 11 heteroatoms.